The highest BCUT2D eigenvalue weighted by Crippen LogP contribution is 2.25. The molecule has 1 unspecified atom stereocenters. The highest BCUT2D eigenvalue weighted by atomic mass is 16.5. The Morgan fingerprint density at radius 1 is 1.40 bits per heavy atom. The van der Waals surface area contributed by atoms with Crippen LogP contribution in [-0.2, 0) is 24.2 Å². The summed E-state index contributed by atoms with van der Waals surface area (Å²) in [5.41, 5.74) is 1.15. The first kappa shape index (κ1) is 13.6. The van der Waals surface area contributed by atoms with Gasteiger partial charge in [-0.25, -0.2) is 9.78 Å². The Morgan fingerprint density at radius 3 is 2.85 bits per heavy atom. The summed E-state index contributed by atoms with van der Waals surface area (Å²) in [5.74, 6) is 0.524. The molecule has 2 aliphatic rings. The van der Waals surface area contributed by atoms with E-state index in [4.69, 9.17) is 4.74 Å². The molecule has 2 aliphatic heterocycles. The molecule has 1 fully saturated rings. The number of carbonyl (C=O) groups is 1. The summed E-state index contributed by atoms with van der Waals surface area (Å²) in [4.78, 5) is 18.1. The fourth-order valence-electron chi connectivity index (χ4n) is 3.04. The molecule has 1 aromatic rings. The number of morpholine rings is 1. The standard InChI is InChI=1S/C14H21N3O3/c1-10-2-3-17-11(8-10)13(14(18)19)15-12(17)9-16-4-6-20-7-5-16/h10H,2-9H2,1H3,(H,18,19). The number of nitrogens with zero attached hydrogens (tertiary/aromatic N) is 3. The molecule has 0 aliphatic carbocycles. The summed E-state index contributed by atoms with van der Waals surface area (Å²) >= 11 is 0. The number of aromatic carboxylic acids is 1. The van der Waals surface area contributed by atoms with Crippen molar-refractivity contribution in [3.8, 4) is 0 Å². The van der Waals surface area contributed by atoms with E-state index in [-0.39, 0.29) is 5.69 Å². The van der Waals surface area contributed by atoms with Gasteiger partial charge in [-0.2, -0.15) is 0 Å². The van der Waals surface area contributed by atoms with E-state index >= 15 is 0 Å². The SMILES string of the molecule is CC1CCn2c(CN3CCOCC3)nc(C(=O)O)c2C1. The number of carboxylic acid groups (broad SMARTS) is 1. The van der Waals surface area contributed by atoms with Gasteiger partial charge in [-0.1, -0.05) is 6.92 Å². The van der Waals surface area contributed by atoms with Gasteiger partial charge in [-0.05, 0) is 18.8 Å². The lowest BCUT2D eigenvalue weighted by molar-refractivity contribution is 0.0324. The van der Waals surface area contributed by atoms with E-state index in [1.165, 1.54) is 0 Å². The quantitative estimate of drug-likeness (QED) is 0.894. The lowest BCUT2D eigenvalue weighted by Gasteiger charge is -2.28. The van der Waals surface area contributed by atoms with E-state index in [9.17, 15) is 9.90 Å². The van der Waals surface area contributed by atoms with Gasteiger partial charge >= 0.3 is 5.97 Å². The number of hydrogen-bond acceptors (Lipinski definition) is 4. The van der Waals surface area contributed by atoms with Crippen molar-refractivity contribution in [2.75, 3.05) is 26.3 Å². The van der Waals surface area contributed by atoms with Crippen LogP contribution in [0.25, 0.3) is 0 Å². The normalized spacial score (nSPS) is 23.6. The number of rotatable bonds is 3. The molecule has 3 rings (SSSR count). The van der Waals surface area contributed by atoms with Gasteiger partial charge in [0.25, 0.3) is 0 Å². The molecular weight excluding hydrogens is 258 g/mol. The van der Waals surface area contributed by atoms with Crippen molar-refractivity contribution < 1.29 is 14.6 Å². The number of fused-ring (bicyclic) bond motifs is 1. The predicted molar refractivity (Wildman–Crippen MR) is 72.8 cm³/mol. The number of aromatic nitrogens is 2. The summed E-state index contributed by atoms with van der Waals surface area (Å²) in [5, 5.41) is 9.34. The molecular formula is C14H21N3O3. The molecule has 0 spiro atoms. The number of ether oxygens (including phenoxy) is 1. The molecule has 6 heteroatoms. The van der Waals surface area contributed by atoms with Crippen LogP contribution in [0.3, 0.4) is 0 Å². The Labute approximate surface area is 118 Å². The van der Waals surface area contributed by atoms with Gasteiger partial charge in [0.1, 0.15) is 5.82 Å². The Bertz CT molecular complexity index is 506. The van der Waals surface area contributed by atoms with Crippen molar-refractivity contribution in [2.24, 2.45) is 5.92 Å². The Hall–Kier alpha value is -1.40. The van der Waals surface area contributed by atoms with Crippen molar-refractivity contribution in [1.29, 1.82) is 0 Å². The van der Waals surface area contributed by atoms with E-state index in [2.05, 4.69) is 21.4 Å². The number of imidazole rings is 1. The third-order valence-corrected chi connectivity index (χ3v) is 4.21. The van der Waals surface area contributed by atoms with Crippen molar-refractivity contribution in [3.05, 3.63) is 17.2 Å². The zero-order valence-electron chi connectivity index (χ0n) is 11.8. The summed E-state index contributed by atoms with van der Waals surface area (Å²) in [6, 6.07) is 0. The van der Waals surface area contributed by atoms with Crippen LogP contribution in [0.5, 0.6) is 0 Å². The lowest BCUT2D eigenvalue weighted by Crippen LogP contribution is -2.36. The zero-order valence-corrected chi connectivity index (χ0v) is 11.8. The summed E-state index contributed by atoms with van der Waals surface area (Å²) < 4.78 is 7.47. The maximum absolute atomic E-state index is 11.4. The van der Waals surface area contributed by atoms with Crippen LogP contribution in [0.1, 0.15) is 35.4 Å². The van der Waals surface area contributed by atoms with Crippen LogP contribution >= 0.6 is 0 Å². The molecule has 3 heterocycles. The molecule has 0 bridgehead atoms. The van der Waals surface area contributed by atoms with Crippen molar-refractivity contribution >= 4 is 5.97 Å². The maximum atomic E-state index is 11.4. The van der Waals surface area contributed by atoms with E-state index < -0.39 is 5.97 Å². The minimum atomic E-state index is -0.906. The number of hydrogen-bond donors (Lipinski definition) is 1. The second kappa shape index (κ2) is 5.54. The first-order chi connectivity index (χ1) is 9.65. The molecule has 1 atom stereocenters. The Morgan fingerprint density at radius 2 is 2.15 bits per heavy atom. The van der Waals surface area contributed by atoms with Gasteiger partial charge in [-0.3, -0.25) is 4.90 Å². The molecule has 1 saturated heterocycles. The molecule has 0 saturated carbocycles. The van der Waals surface area contributed by atoms with Crippen molar-refractivity contribution in [3.63, 3.8) is 0 Å². The van der Waals surface area contributed by atoms with Crippen molar-refractivity contribution in [2.45, 2.75) is 32.9 Å². The monoisotopic (exact) mass is 279 g/mol. The zero-order chi connectivity index (χ0) is 14.1. The van der Waals surface area contributed by atoms with Crippen LogP contribution in [-0.4, -0.2) is 51.8 Å². The van der Waals surface area contributed by atoms with Gasteiger partial charge < -0.3 is 14.4 Å². The molecule has 0 radical (unpaired) electrons. The summed E-state index contributed by atoms with van der Waals surface area (Å²) in [6.45, 7) is 7.05. The topological polar surface area (TPSA) is 67.6 Å². The summed E-state index contributed by atoms with van der Waals surface area (Å²) in [7, 11) is 0. The van der Waals surface area contributed by atoms with Crippen LogP contribution in [0.15, 0.2) is 0 Å². The molecule has 6 nitrogen and oxygen atoms in total. The van der Waals surface area contributed by atoms with Gasteiger partial charge in [0.15, 0.2) is 5.69 Å². The van der Waals surface area contributed by atoms with Gasteiger partial charge in [0.2, 0.25) is 0 Å². The highest BCUT2D eigenvalue weighted by Gasteiger charge is 2.27. The molecule has 1 N–H and O–H groups in total. The fourth-order valence-corrected chi connectivity index (χ4v) is 3.04. The predicted octanol–water partition coefficient (Wildman–Crippen LogP) is 0.996. The van der Waals surface area contributed by atoms with E-state index in [1.54, 1.807) is 0 Å². The third-order valence-electron chi connectivity index (χ3n) is 4.21. The first-order valence-electron chi connectivity index (χ1n) is 7.27. The third kappa shape index (κ3) is 2.58. The van der Waals surface area contributed by atoms with Crippen LogP contribution < -0.4 is 0 Å². The minimum absolute atomic E-state index is 0.250. The van der Waals surface area contributed by atoms with Gasteiger partial charge in [0.05, 0.1) is 25.5 Å². The van der Waals surface area contributed by atoms with Gasteiger partial charge in [-0.15, -0.1) is 0 Å². The van der Waals surface area contributed by atoms with Crippen LogP contribution in [0.2, 0.25) is 0 Å². The van der Waals surface area contributed by atoms with E-state index in [0.717, 1.165) is 63.8 Å². The smallest absolute Gasteiger partial charge is 0.356 e. The Balaban J connectivity index is 1.87. The first-order valence-corrected chi connectivity index (χ1v) is 7.27. The highest BCUT2D eigenvalue weighted by molar-refractivity contribution is 5.87. The molecule has 1 aromatic heterocycles. The maximum Gasteiger partial charge on any atom is 0.356 e. The van der Waals surface area contributed by atoms with Crippen LogP contribution in [0.4, 0.5) is 0 Å². The fraction of sp³-hybridized carbons (Fsp3) is 0.714. The molecule has 110 valence electrons. The van der Waals surface area contributed by atoms with Gasteiger partial charge in [0, 0.05) is 19.6 Å². The Kier molecular flexibility index (Phi) is 3.76. The van der Waals surface area contributed by atoms with E-state index in [1.807, 2.05) is 0 Å². The minimum Gasteiger partial charge on any atom is -0.476 e. The lowest BCUT2D eigenvalue weighted by atomic mass is 9.97. The summed E-state index contributed by atoms with van der Waals surface area (Å²) in [6.07, 6.45) is 1.91. The molecule has 20 heavy (non-hydrogen) atoms. The average molecular weight is 279 g/mol. The number of carboxylic acids is 1. The van der Waals surface area contributed by atoms with E-state index in [0.29, 0.717) is 5.92 Å². The molecule has 0 amide bonds. The van der Waals surface area contributed by atoms with Crippen LogP contribution in [0, 0.1) is 5.92 Å². The average Bonchev–Trinajstić information content (AvgIpc) is 2.78. The van der Waals surface area contributed by atoms with Crippen molar-refractivity contribution in [1.82, 2.24) is 14.5 Å². The second-order valence-corrected chi connectivity index (χ2v) is 5.77. The molecule has 0 aromatic carbocycles. The largest absolute Gasteiger partial charge is 0.476 e. The second-order valence-electron chi connectivity index (χ2n) is 5.77.